The highest BCUT2D eigenvalue weighted by molar-refractivity contribution is 5.83. The molecule has 1 aromatic carbocycles. The molecule has 23 heavy (non-hydrogen) atoms. The lowest BCUT2D eigenvalue weighted by Crippen LogP contribution is -3.13. The van der Waals surface area contributed by atoms with Gasteiger partial charge in [0.15, 0.2) is 5.88 Å². The largest absolute Gasteiger partial charge is 0.545 e. The molecule has 1 aliphatic heterocycles. The molecule has 0 amide bonds. The molecule has 1 N–H and O–H groups in total. The molecular formula is C18H20N2O3. The molecule has 0 radical (unpaired) electrons. The first-order valence-electron chi connectivity index (χ1n) is 7.82. The monoisotopic (exact) mass is 312 g/mol. The third kappa shape index (κ3) is 4.23. The van der Waals surface area contributed by atoms with Crippen molar-refractivity contribution in [2.75, 3.05) is 31.1 Å². The molecule has 0 spiro atoms. The summed E-state index contributed by atoms with van der Waals surface area (Å²) < 4.78 is 5.67. The van der Waals surface area contributed by atoms with E-state index in [4.69, 9.17) is 4.42 Å². The van der Waals surface area contributed by atoms with Gasteiger partial charge in [0.05, 0.1) is 32.1 Å². The molecule has 2 heterocycles. The third-order valence-electron chi connectivity index (χ3n) is 4.08. The van der Waals surface area contributed by atoms with Crippen LogP contribution in [0.25, 0.3) is 6.08 Å². The quantitative estimate of drug-likeness (QED) is 0.786. The van der Waals surface area contributed by atoms with Gasteiger partial charge in [-0.05, 0) is 18.2 Å². The van der Waals surface area contributed by atoms with Gasteiger partial charge in [-0.3, -0.25) is 0 Å². The van der Waals surface area contributed by atoms with E-state index in [1.54, 1.807) is 11.0 Å². The van der Waals surface area contributed by atoms with Gasteiger partial charge < -0.3 is 24.1 Å². The van der Waals surface area contributed by atoms with Crippen molar-refractivity contribution in [2.45, 2.75) is 6.54 Å². The highest BCUT2D eigenvalue weighted by Crippen LogP contribution is 2.19. The molecule has 1 aliphatic rings. The molecule has 2 aromatic rings. The zero-order chi connectivity index (χ0) is 16.1. The van der Waals surface area contributed by atoms with Gasteiger partial charge in [-0.2, -0.15) is 0 Å². The smallest absolute Gasteiger partial charge is 0.196 e. The van der Waals surface area contributed by atoms with E-state index >= 15 is 0 Å². The first kappa shape index (κ1) is 15.4. The number of hydrogen-bond acceptors (Lipinski definition) is 4. The molecule has 1 saturated heterocycles. The van der Waals surface area contributed by atoms with Crippen LogP contribution in [0, 0.1) is 0 Å². The zero-order valence-corrected chi connectivity index (χ0v) is 12.9. The first-order valence-corrected chi connectivity index (χ1v) is 7.82. The van der Waals surface area contributed by atoms with Crippen LogP contribution in [0.4, 0.5) is 5.88 Å². The zero-order valence-electron chi connectivity index (χ0n) is 12.9. The van der Waals surface area contributed by atoms with Gasteiger partial charge >= 0.3 is 0 Å². The standard InChI is InChI=1S/C18H20N2O3/c21-18(22)9-7-16-6-8-17(23-16)20-12-10-19(11-13-20)14-15-4-2-1-3-5-15/h1-9H,10-14H2,(H,21,22)/b9-7+. The van der Waals surface area contributed by atoms with E-state index in [0.717, 1.165) is 44.7 Å². The van der Waals surface area contributed by atoms with Gasteiger partial charge in [0, 0.05) is 11.6 Å². The van der Waals surface area contributed by atoms with Gasteiger partial charge in [0.1, 0.15) is 12.3 Å². The molecule has 3 rings (SSSR count). The van der Waals surface area contributed by atoms with Crippen molar-refractivity contribution in [2.24, 2.45) is 0 Å². The van der Waals surface area contributed by atoms with Gasteiger partial charge in [0.2, 0.25) is 0 Å². The van der Waals surface area contributed by atoms with Crippen LogP contribution in [0.2, 0.25) is 0 Å². The van der Waals surface area contributed by atoms with Crippen molar-refractivity contribution >= 4 is 17.9 Å². The molecule has 1 fully saturated rings. The minimum Gasteiger partial charge on any atom is -0.545 e. The van der Waals surface area contributed by atoms with Crippen LogP contribution in [0.1, 0.15) is 11.3 Å². The molecule has 0 bridgehead atoms. The topological polar surface area (TPSA) is 60.9 Å². The number of aliphatic carboxylic acids is 1. The number of nitrogens with one attached hydrogen (secondary N) is 1. The van der Waals surface area contributed by atoms with Gasteiger partial charge in [-0.1, -0.05) is 30.3 Å². The minimum atomic E-state index is -1.22. The summed E-state index contributed by atoms with van der Waals surface area (Å²) in [6, 6.07) is 14.2. The second kappa shape index (κ2) is 7.15. The summed E-state index contributed by atoms with van der Waals surface area (Å²) in [4.78, 5) is 14.2. The minimum absolute atomic E-state index is 0.531. The van der Waals surface area contributed by atoms with Crippen LogP contribution in [0.5, 0.6) is 0 Å². The summed E-state index contributed by atoms with van der Waals surface area (Å²) in [7, 11) is 0. The lowest BCUT2D eigenvalue weighted by atomic mass is 10.2. The fourth-order valence-corrected chi connectivity index (χ4v) is 2.86. The number of carboxylic acid groups (broad SMARTS) is 1. The molecule has 0 saturated carbocycles. The van der Waals surface area contributed by atoms with Crippen molar-refractivity contribution in [1.29, 1.82) is 0 Å². The average molecular weight is 312 g/mol. The summed E-state index contributed by atoms with van der Waals surface area (Å²) in [6.07, 6.45) is 2.39. The summed E-state index contributed by atoms with van der Waals surface area (Å²) in [5.41, 5.74) is 1.36. The second-order valence-corrected chi connectivity index (χ2v) is 5.73. The van der Waals surface area contributed by atoms with Crippen LogP contribution in [-0.2, 0) is 11.3 Å². The third-order valence-corrected chi connectivity index (χ3v) is 4.08. The van der Waals surface area contributed by atoms with Gasteiger partial charge in [0.25, 0.3) is 0 Å². The Morgan fingerprint density at radius 2 is 1.91 bits per heavy atom. The fraction of sp³-hybridized carbons (Fsp3) is 0.278. The van der Waals surface area contributed by atoms with E-state index in [9.17, 15) is 9.90 Å². The van der Waals surface area contributed by atoms with E-state index in [1.807, 2.05) is 12.1 Å². The molecule has 120 valence electrons. The van der Waals surface area contributed by atoms with Crippen molar-refractivity contribution in [3.8, 4) is 0 Å². The summed E-state index contributed by atoms with van der Waals surface area (Å²) >= 11 is 0. The number of piperazine rings is 1. The number of furan rings is 1. The Morgan fingerprint density at radius 3 is 2.61 bits per heavy atom. The average Bonchev–Trinajstić information content (AvgIpc) is 3.04. The molecule has 0 aliphatic carbocycles. The van der Waals surface area contributed by atoms with Crippen molar-refractivity contribution in [1.82, 2.24) is 0 Å². The predicted octanol–water partition coefficient (Wildman–Crippen LogP) is -0.0522. The number of hydrogen-bond donors (Lipinski definition) is 1. The number of carbonyl (C=O) groups excluding carboxylic acids is 1. The van der Waals surface area contributed by atoms with Crippen molar-refractivity contribution in [3.05, 3.63) is 59.9 Å². The number of carbonyl (C=O) groups is 1. The molecule has 1 aromatic heterocycles. The Bertz CT molecular complexity index is 671. The van der Waals surface area contributed by atoms with Crippen LogP contribution < -0.4 is 14.9 Å². The number of carboxylic acids is 1. The number of anilines is 1. The Labute approximate surface area is 135 Å². The van der Waals surface area contributed by atoms with E-state index in [0.29, 0.717) is 5.76 Å². The van der Waals surface area contributed by atoms with Crippen LogP contribution in [0.3, 0.4) is 0 Å². The Morgan fingerprint density at radius 1 is 1.17 bits per heavy atom. The highest BCUT2D eigenvalue weighted by atomic mass is 16.4. The molecule has 5 nitrogen and oxygen atoms in total. The highest BCUT2D eigenvalue weighted by Gasteiger charge is 2.21. The Kier molecular flexibility index (Phi) is 4.78. The van der Waals surface area contributed by atoms with Crippen LogP contribution >= 0.6 is 0 Å². The van der Waals surface area contributed by atoms with Crippen LogP contribution in [0.15, 0.2) is 53.0 Å². The molecule has 0 unspecified atom stereocenters. The lowest BCUT2D eigenvalue weighted by Gasteiger charge is -2.32. The van der Waals surface area contributed by atoms with E-state index in [1.165, 1.54) is 11.6 Å². The number of quaternary nitrogens is 1. The summed E-state index contributed by atoms with van der Waals surface area (Å²) in [5, 5.41) is 10.4. The molecular weight excluding hydrogens is 292 g/mol. The maximum absolute atomic E-state index is 10.4. The normalized spacial score (nSPS) is 16.1. The van der Waals surface area contributed by atoms with E-state index in [-0.39, 0.29) is 0 Å². The second-order valence-electron chi connectivity index (χ2n) is 5.73. The van der Waals surface area contributed by atoms with Gasteiger partial charge in [-0.15, -0.1) is 0 Å². The van der Waals surface area contributed by atoms with E-state index < -0.39 is 5.97 Å². The molecule has 5 heteroatoms. The van der Waals surface area contributed by atoms with Gasteiger partial charge in [-0.25, -0.2) is 0 Å². The summed E-state index contributed by atoms with van der Waals surface area (Å²) in [6.45, 7) is 5.02. The number of rotatable bonds is 5. The Hall–Kier alpha value is -2.53. The lowest BCUT2D eigenvalue weighted by molar-refractivity contribution is -0.914. The number of nitrogens with zero attached hydrogens (tertiary/aromatic N) is 1. The Balaban J connectivity index is 1.54. The first-order chi connectivity index (χ1) is 11.2. The van der Waals surface area contributed by atoms with Crippen molar-refractivity contribution < 1.29 is 19.2 Å². The predicted molar refractivity (Wildman–Crippen MR) is 85.8 cm³/mol. The molecule has 0 atom stereocenters. The fourth-order valence-electron chi connectivity index (χ4n) is 2.86. The van der Waals surface area contributed by atoms with Crippen molar-refractivity contribution in [3.63, 3.8) is 0 Å². The van der Waals surface area contributed by atoms with Crippen LogP contribution in [-0.4, -0.2) is 32.1 Å². The maximum Gasteiger partial charge on any atom is 0.196 e. The summed E-state index contributed by atoms with van der Waals surface area (Å²) in [5.74, 6) is 0.103. The maximum atomic E-state index is 10.4. The number of benzene rings is 1. The van der Waals surface area contributed by atoms with E-state index in [2.05, 4.69) is 29.2 Å². The SMILES string of the molecule is O=C([O-])/C=C/c1ccc(N2CC[NH+](Cc3ccccc3)CC2)o1.